The Morgan fingerprint density at radius 2 is 1.94 bits per heavy atom. The minimum absolute atomic E-state index is 0.0638. The van der Waals surface area contributed by atoms with E-state index < -0.39 is 0 Å². The monoisotopic (exact) mass is 217 g/mol. The standard InChI is InChI=1S/C13H19N3/c1-8(2)16-10(4)15-12-7-11(9(3)14)5-6-13(12)16/h5-9H,14H2,1-4H3. The van der Waals surface area contributed by atoms with E-state index in [0.29, 0.717) is 6.04 Å². The number of nitrogens with two attached hydrogens (primary N) is 1. The van der Waals surface area contributed by atoms with Gasteiger partial charge >= 0.3 is 0 Å². The van der Waals surface area contributed by atoms with Gasteiger partial charge in [0.2, 0.25) is 0 Å². The molecule has 0 saturated heterocycles. The number of nitrogens with zero attached hydrogens (tertiary/aromatic N) is 2. The summed E-state index contributed by atoms with van der Waals surface area (Å²) < 4.78 is 2.25. The molecule has 0 amide bonds. The highest BCUT2D eigenvalue weighted by Crippen LogP contribution is 2.23. The van der Waals surface area contributed by atoms with E-state index in [1.807, 2.05) is 13.8 Å². The van der Waals surface area contributed by atoms with Gasteiger partial charge in [-0.25, -0.2) is 4.98 Å². The third-order valence-corrected chi connectivity index (χ3v) is 2.93. The predicted octanol–water partition coefficient (Wildman–Crippen LogP) is 2.95. The summed E-state index contributed by atoms with van der Waals surface area (Å²) in [4.78, 5) is 4.58. The van der Waals surface area contributed by atoms with Gasteiger partial charge in [-0.3, -0.25) is 0 Å². The van der Waals surface area contributed by atoms with Crippen molar-refractivity contribution in [2.24, 2.45) is 5.73 Å². The Kier molecular flexibility index (Phi) is 2.72. The van der Waals surface area contributed by atoms with Crippen molar-refractivity contribution >= 4 is 11.0 Å². The molecule has 2 rings (SSSR count). The molecule has 2 aromatic rings. The molecular weight excluding hydrogens is 198 g/mol. The maximum Gasteiger partial charge on any atom is 0.106 e. The zero-order chi connectivity index (χ0) is 11.9. The lowest BCUT2D eigenvalue weighted by Crippen LogP contribution is -2.05. The maximum absolute atomic E-state index is 5.87. The first-order chi connectivity index (χ1) is 7.50. The predicted molar refractivity (Wildman–Crippen MR) is 67.5 cm³/mol. The van der Waals surface area contributed by atoms with Gasteiger partial charge in [0.1, 0.15) is 5.82 Å². The fourth-order valence-corrected chi connectivity index (χ4v) is 2.17. The first kappa shape index (κ1) is 11.1. The number of hydrogen-bond donors (Lipinski definition) is 1. The van der Waals surface area contributed by atoms with E-state index in [9.17, 15) is 0 Å². The van der Waals surface area contributed by atoms with Crippen molar-refractivity contribution in [3.8, 4) is 0 Å². The fraction of sp³-hybridized carbons (Fsp3) is 0.462. The van der Waals surface area contributed by atoms with Crippen LogP contribution in [0.4, 0.5) is 0 Å². The molecule has 0 saturated carbocycles. The van der Waals surface area contributed by atoms with Gasteiger partial charge in [0, 0.05) is 12.1 Å². The van der Waals surface area contributed by atoms with Crippen LogP contribution in [0.2, 0.25) is 0 Å². The second kappa shape index (κ2) is 3.91. The lowest BCUT2D eigenvalue weighted by molar-refractivity contribution is 0.600. The van der Waals surface area contributed by atoms with Crippen molar-refractivity contribution in [2.45, 2.75) is 39.8 Å². The van der Waals surface area contributed by atoms with Gasteiger partial charge in [-0.1, -0.05) is 6.07 Å². The van der Waals surface area contributed by atoms with E-state index in [0.717, 1.165) is 16.9 Å². The van der Waals surface area contributed by atoms with Crippen molar-refractivity contribution < 1.29 is 0 Å². The van der Waals surface area contributed by atoms with E-state index >= 15 is 0 Å². The molecule has 3 heteroatoms. The van der Waals surface area contributed by atoms with Crippen LogP contribution in [0.25, 0.3) is 11.0 Å². The quantitative estimate of drug-likeness (QED) is 0.840. The van der Waals surface area contributed by atoms with Crippen molar-refractivity contribution in [2.75, 3.05) is 0 Å². The highest BCUT2D eigenvalue weighted by atomic mass is 15.1. The second-order valence-electron chi connectivity index (χ2n) is 4.66. The molecule has 1 atom stereocenters. The summed E-state index contributed by atoms with van der Waals surface area (Å²) in [6.45, 7) is 8.39. The minimum atomic E-state index is 0.0638. The summed E-state index contributed by atoms with van der Waals surface area (Å²) in [7, 11) is 0. The van der Waals surface area contributed by atoms with Gasteiger partial charge in [-0.15, -0.1) is 0 Å². The van der Waals surface area contributed by atoms with Gasteiger partial charge in [-0.05, 0) is 45.4 Å². The Balaban J connectivity index is 2.65. The molecule has 0 spiro atoms. The highest BCUT2D eigenvalue weighted by molar-refractivity contribution is 5.77. The van der Waals surface area contributed by atoms with Crippen LogP contribution in [0.15, 0.2) is 18.2 Å². The SMILES string of the molecule is Cc1nc2cc(C(C)N)ccc2n1C(C)C. The normalized spacial score (nSPS) is 13.6. The van der Waals surface area contributed by atoms with E-state index in [1.54, 1.807) is 0 Å². The smallest absolute Gasteiger partial charge is 0.106 e. The van der Waals surface area contributed by atoms with Crippen molar-refractivity contribution in [1.82, 2.24) is 9.55 Å². The van der Waals surface area contributed by atoms with Gasteiger partial charge in [0.05, 0.1) is 11.0 Å². The van der Waals surface area contributed by atoms with Crippen LogP contribution in [-0.2, 0) is 0 Å². The number of hydrogen-bond acceptors (Lipinski definition) is 2. The zero-order valence-electron chi connectivity index (χ0n) is 10.4. The molecule has 0 aliphatic carbocycles. The maximum atomic E-state index is 5.87. The Labute approximate surface area is 96.3 Å². The molecule has 3 nitrogen and oxygen atoms in total. The molecule has 1 aromatic heterocycles. The van der Waals surface area contributed by atoms with Gasteiger partial charge in [0.15, 0.2) is 0 Å². The van der Waals surface area contributed by atoms with Crippen LogP contribution in [0.3, 0.4) is 0 Å². The largest absolute Gasteiger partial charge is 0.326 e. The summed E-state index contributed by atoms with van der Waals surface area (Å²) in [5.41, 5.74) is 9.25. The molecule has 2 N–H and O–H groups in total. The highest BCUT2D eigenvalue weighted by Gasteiger charge is 2.11. The molecule has 16 heavy (non-hydrogen) atoms. The van der Waals surface area contributed by atoms with E-state index in [2.05, 4.69) is 41.6 Å². The first-order valence-electron chi connectivity index (χ1n) is 5.74. The van der Waals surface area contributed by atoms with Crippen LogP contribution in [0.5, 0.6) is 0 Å². The number of imidazole rings is 1. The molecule has 86 valence electrons. The van der Waals surface area contributed by atoms with Crippen LogP contribution < -0.4 is 5.73 Å². The second-order valence-corrected chi connectivity index (χ2v) is 4.66. The number of benzene rings is 1. The average molecular weight is 217 g/mol. The van der Waals surface area contributed by atoms with Crippen LogP contribution >= 0.6 is 0 Å². The Bertz CT molecular complexity index is 509. The van der Waals surface area contributed by atoms with E-state index in [-0.39, 0.29) is 6.04 Å². The Morgan fingerprint density at radius 1 is 1.25 bits per heavy atom. The molecule has 1 heterocycles. The molecule has 0 aliphatic heterocycles. The average Bonchev–Trinajstić information content (AvgIpc) is 2.51. The minimum Gasteiger partial charge on any atom is -0.326 e. The summed E-state index contributed by atoms with van der Waals surface area (Å²) in [6.07, 6.45) is 0. The summed E-state index contributed by atoms with van der Waals surface area (Å²) in [5.74, 6) is 1.06. The topological polar surface area (TPSA) is 43.8 Å². The van der Waals surface area contributed by atoms with Crippen LogP contribution in [0.1, 0.15) is 44.2 Å². The molecular formula is C13H19N3. The Hall–Kier alpha value is -1.35. The van der Waals surface area contributed by atoms with Gasteiger partial charge in [-0.2, -0.15) is 0 Å². The third-order valence-electron chi connectivity index (χ3n) is 2.93. The third kappa shape index (κ3) is 1.71. The Morgan fingerprint density at radius 3 is 2.50 bits per heavy atom. The molecule has 0 fully saturated rings. The van der Waals surface area contributed by atoms with Crippen LogP contribution in [0, 0.1) is 6.92 Å². The summed E-state index contributed by atoms with van der Waals surface area (Å²) in [6, 6.07) is 6.80. The molecule has 0 aliphatic rings. The number of aryl methyl sites for hydroxylation is 1. The van der Waals surface area contributed by atoms with Crippen LogP contribution in [-0.4, -0.2) is 9.55 Å². The number of aromatic nitrogens is 2. The molecule has 0 bridgehead atoms. The van der Waals surface area contributed by atoms with E-state index in [1.165, 1.54) is 5.52 Å². The number of fused-ring (bicyclic) bond motifs is 1. The molecule has 1 unspecified atom stereocenters. The zero-order valence-corrected chi connectivity index (χ0v) is 10.4. The van der Waals surface area contributed by atoms with Gasteiger partial charge in [0.25, 0.3) is 0 Å². The van der Waals surface area contributed by atoms with Crippen molar-refractivity contribution in [3.63, 3.8) is 0 Å². The summed E-state index contributed by atoms with van der Waals surface area (Å²) in [5, 5.41) is 0. The van der Waals surface area contributed by atoms with Crippen molar-refractivity contribution in [1.29, 1.82) is 0 Å². The molecule has 0 radical (unpaired) electrons. The summed E-state index contributed by atoms with van der Waals surface area (Å²) >= 11 is 0. The lowest BCUT2D eigenvalue weighted by Gasteiger charge is -2.11. The molecule has 1 aromatic carbocycles. The first-order valence-corrected chi connectivity index (χ1v) is 5.74. The lowest BCUT2D eigenvalue weighted by atomic mass is 10.1. The fourth-order valence-electron chi connectivity index (χ4n) is 2.17. The number of rotatable bonds is 2. The van der Waals surface area contributed by atoms with Gasteiger partial charge < -0.3 is 10.3 Å². The van der Waals surface area contributed by atoms with Crippen molar-refractivity contribution in [3.05, 3.63) is 29.6 Å². The van der Waals surface area contributed by atoms with E-state index in [4.69, 9.17) is 5.73 Å².